The van der Waals surface area contributed by atoms with E-state index in [9.17, 15) is 9.59 Å². The quantitative estimate of drug-likeness (QED) is 0.480. The van der Waals surface area contributed by atoms with Gasteiger partial charge >= 0.3 is 0 Å². The van der Waals surface area contributed by atoms with Crippen LogP contribution in [0.1, 0.15) is 47.7 Å². The van der Waals surface area contributed by atoms with Gasteiger partial charge in [0.05, 0.1) is 5.41 Å². The number of benzene rings is 3. The van der Waals surface area contributed by atoms with Crippen LogP contribution in [-0.2, 0) is 16.6 Å². The van der Waals surface area contributed by atoms with Crippen molar-refractivity contribution in [3.05, 3.63) is 83.4 Å². The fraction of sp³-hybridized carbons (Fsp3) is 0.259. The first-order valence-corrected chi connectivity index (χ1v) is 10.7. The summed E-state index contributed by atoms with van der Waals surface area (Å²) in [5.41, 5.74) is 4.53. The number of hydrogen-bond donors (Lipinski definition) is 0. The van der Waals surface area contributed by atoms with E-state index in [1.54, 1.807) is 0 Å². The molecule has 0 bridgehead atoms. The van der Waals surface area contributed by atoms with Crippen LogP contribution >= 0.6 is 0 Å². The molecule has 0 aromatic heterocycles. The number of ketones is 2. The molecule has 0 amide bonds. The first-order valence-electron chi connectivity index (χ1n) is 10.7. The van der Waals surface area contributed by atoms with Gasteiger partial charge < -0.3 is 9.47 Å². The second kappa shape index (κ2) is 7.69. The summed E-state index contributed by atoms with van der Waals surface area (Å²) in [4.78, 5) is 25.0. The lowest BCUT2D eigenvalue weighted by atomic mass is 9.87. The summed E-state index contributed by atoms with van der Waals surface area (Å²) in [5, 5.41) is 0. The van der Waals surface area contributed by atoms with Crippen molar-refractivity contribution in [2.45, 2.75) is 38.0 Å². The van der Waals surface area contributed by atoms with Crippen LogP contribution < -0.4 is 9.47 Å². The second-order valence-corrected chi connectivity index (χ2v) is 8.30. The highest BCUT2D eigenvalue weighted by Crippen LogP contribution is 2.51. The molecule has 0 N–H and O–H groups in total. The monoisotopic (exact) mass is 412 g/mol. The van der Waals surface area contributed by atoms with E-state index in [1.807, 2.05) is 73.7 Å². The van der Waals surface area contributed by atoms with Crippen molar-refractivity contribution in [1.82, 2.24) is 0 Å². The summed E-state index contributed by atoms with van der Waals surface area (Å²) in [6.45, 7) is 2.11. The topological polar surface area (TPSA) is 52.6 Å². The number of fused-ring (bicyclic) bond motifs is 1. The molecule has 156 valence electrons. The lowest BCUT2D eigenvalue weighted by Crippen LogP contribution is -2.22. The highest BCUT2D eigenvalue weighted by Gasteiger charge is 2.50. The summed E-state index contributed by atoms with van der Waals surface area (Å²) >= 11 is 0. The third kappa shape index (κ3) is 3.63. The van der Waals surface area contributed by atoms with Gasteiger partial charge in [-0.15, -0.1) is 0 Å². The number of Topliss-reactive ketones (excluding diaryl/α,β-unsaturated/α-hetero) is 2. The maximum atomic E-state index is 13.2. The molecule has 0 unspecified atom stereocenters. The summed E-state index contributed by atoms with van der Waals surface area (Å²) in [5.74, 6) is 1.88. The zero-order chi connectivity index (χ0) is 21.4. The van der Waals surface area contributed by atoms with Crippen molar-refractivity contribution in [2.75, 3.05) is 6.79 Å². The fourth-order valence-electron chi connectivity index (χ4n) is 4.27. The molecule has 1 aliphatic heterocycles. The zero-order valence-electron chi connectivity index (χ0n) is 17.5. The second-order valence-electron chi connectivity index (χ2n) is 8.30. The van der Waals surface area contributed by atoms with E-state index in [4.69, 9.17) is 9.47 Å². The summed E-state index contributed by atoms with van der Waals surface area (Å²) < 4.78 is 10.9. The standard InChI is InChI=1S/C27H24O4/c1-2-23(28)21-9-7-20(8-10-21)19-5-3-18(4-6-19)15-26(29)27(13-14-27)22-11-12-24-25(16-22)31-17-30-24/h3-12,16H,2,13-15,17H2,1H3. The van der Waals surface area contributed by atoms with Gasteiger partial charge in [0.2, 0.25) is 6.79 Å². The minimum absolute atomic E-state index is 0.150. The van der Waals surface area contributed by atoms with Crippen LogP contribution in [0.3, 0.4) is 0 Å². The van der Waals surface area contributed by atoms with Gasteiger partial charge in [0.1, 0.15) is 5.78 Å². The average molecular weight is 412 g/mol. The molecule has 0 radical (unpaired) electrons. The van der Waals surface area contributed by atoms with Crippen LogP contribution in [0, 0.1) is 0 Å². The van der Waals surface area contributed by atoms with Gasteiger partial charge in [-0.25, -0.2) is 0 Å². The molecule has 31 heavy (non-hydrogen) atoms. The molecule has 1 fully saturated rings. The van der Waals surface area contributed by atoms with Gasteiger partial charge in [0.25, 0.3) is 0 Å². The minimum atomic E-state index is -0.388. The van der Waals surface area contributed by atoms with Crippen molar-refractivity contribution in [2.24, 2.45) is 0 Å². The molecular formula is C27H24O4. The Hall–Kier alpha value is -3.40. The van der Waals surface area contributed by atoms with E-state index in [-0.39, 0.29) is 23.8 Å². The van der Waals surface area contributed by atoms with Crippen LogP contribution in [0.2, 0.25) is 0 Å². The molecule has 4 nitrogen and oxygen atoms in total. The van der Waals surface area contributed by atoms with Crippen molar-refractivity contribution >= 4 is 11.6 Å². The van der Waals surface area contributed by atoms with Crippen LogP contribution in [-0.4, -0.2) is 18.4 Å². The Kier molecular flexibility index (Phi) is 4.85. The first-order chi connectivity index (χ1) is 15.1. The Morgan fingerprint density at radius 2 is 1.48 bits per heavy atom. The van der Waals surface area contributed by atoms with Crippen LogP contribution in [0.25, 0.3) is 11.1 Å². The summed E-state index contributed by atoms with van der Waals surface area (Å²) in [6, 6.07) is 21.7. The van der Waals surface area contributed by atoms with Crippen LogP contribution in [0.5, 0.6) is 11.5 Å². The maximum absolute atomic E-state index is 13.2. The number of hydrogen-bond acceptors (Lipinski definition) is 4. The molecular weight excluding hydrogens is 388 g/mol. The molecule has 3 aromatic rings. The first kappa shape index (κ1) is 19.6. The molecule has 0 spiro atoms. The van der Waals surface area contributed by atoms with E-state index >= 15 is 0 Å². The van der Waals surface area contributed by atoms with E-state index < -0.39 is 0 Å². The molecule has 0 saturated heterocycles. The molecule has 0 atom stereocenters. The molecule has 3 aromatic carbocycles. The lowest BCUT2D eigenvalue weighted by Gasteiger charge is -2.15. The molecule has 5 rings (SSSR count). The van der Waals surface area contributed by atoms with Gasteiger partial charge in [0, 0.05) is 18.4 Å². The van der Waals surface area contributed by atoms with Crippen LogP contribution in [0.15, 0.2) is 66.7 Å². The van der Waals surface area contributed by atoms with Gasteiger partial charge in [-0.1, -0.05) is 61.5 Å². The number of carbonyl (C=O) groups is 2. The van der Waals surface area contributed by atoms with E-state index in [1.165, 1.54) is 0 Å². The fourth-order valence-corrected chi connectivity index (χ4v) is 4.27. The number of carbonyl (C=O) groups excluding carboxylic acids is 2. The Balaban J connectivity index is 1.29. The Morgan fingerprint density at radius 1 is 0.839 bits per heavy atom. The normalized spacial score (nSPS) is 15.5. The third-order valence-electron chi connectivity index (χ3n) is 6.39. The smallest absolute Gasteiger partial charge is 0.231 e. The minimum Gasteiger partial charge on any atom is -0.454 e. The van der Waals surface area contributed by atoms with E-state index in [2.05, 4.69) is 0 Å². The number of rotatable bonds is 7. The molecule has 1 heterocycles. The molecule has 1 saturated carbocycles. The van der Waals surface area contributed by atoms with Gasteiger partial charge in [-0.05, 0) is 47.2 Å². The predicted octanol–water partition coefficient (Wildman–Crippen LogP) is 5.52. The van der Waals surface area contributed by atoms with Crippen LogP contribution in [0.4, 0.5) is 0 Å². The van der Waals surface area contributed by atoms with Gasteiger partial charge in [-0.2, -0.15) is 0 Å². The van der Waals surface area contributed by atoms with Crippen molar-refractivity contribution in [1.29, 1.82) is 0 Å². The highest BCUT2D eigenvalue weighted by atomic mass is 16.7. The van der Waals surface area contributed by atoms with Gasteiger partial charge in [0.15, 0.2) is 17.3 Å². The average Bonchev–Trinajstić information content (AvgIpc) is 3.50. The Labute approximate surface area is 181 Å². The largest absolute Gasteiger partial charge is 0.454 e. The van der Waals surface area contributed by atoms with E-state index in [0.29, 0.717) is 12.8 Å². The molecule has 4 heteroatoms. The predicted molar refractivity (Wildman–Crippen MR) is 119 cm³/mol. The third-order valence-corrected chi connectivity index (χ3v) is 6.39. The molecule has 2 aliphatic rings. The van der Waals surface area contributed by atoms with Gasteiger partial charge in [-0.3, -0.25) is 9.59 Å². The molecule has 1 aliphatic carbocycles. The number of ether oxygens (including phenoxy) is 2. The SMILES string of the molecule is CCC(=O)c1ccc(-c2ccc(CC(=O)C3(c4ccc5c(c4)OCO5)CC3)cc2)cc1. The summed E-state index contributed by atoms with van der Waals surface area (Å²) in [6.07, 6.45) is 2.69. The van der Waals surface area contributed by atoms with Crippen molar-refractivity contribution in [3.63, 3.8) is 0 Å². The van der Waals surface area contributed by atoms with E-state index in [0.717, 1.165) is 52.2 Å². The lowest BCUT2D eigenvalue weighted by molar-refractivity contribution is -0.120. The Bertz CT molecular complexity index is 1140. The summed E-state index contributed by atoms with van der Waals surface area (Å²) in [7, 11) is 0. The zero-order valence-corrected chi connectivity index (χ0v) is 17.5. The maximum Gasteiger partial charge on any atom is 0.231 e. The van der Waals surface area contributed by atoms with Crippen molar-refractivity contribution in [3.8, 4) is 22.6 Å². The Morgan fingerprint density at radius 3 is 2.13 bits per heavy atom. The highest BCUT2D eigenvalue weighted by molar-refractivity contribution is 5.96. The van der Waals surface area contributed by atoms with Crippen molar-refractivity contribution < 1.29 is 19.1 Å².